The van der Waals surface area contributed by atoms with Crippen molar-refractivity contribution in [1.82, 2.24) is 0 Å². The molecule has 2 fully saturated rings. The molecule has 0 unspecified atom stereocenters. The maximum absolute atomic E-state index is 7.09. The normalized spacial score (nSPS) is 26.1. The lowest BCUT2D eigenvalue weighted by Crippen LogP contribution is -2.60. The highest BCUT2D eigenvalue weighted by Gasteiger charge is 2.57. The molecule has 0 amide bonds. The van der Waals surface area contributed by atoms with Gasteiger partial charge in [0.25, 0.3) is 0 Å². The lowest BCUT2D eigenvalue weighted by atomic mass is 9.86. The molecule has 0 aromatic heterocycles. The van der Waals surface area contributed by atoms with E-state index >= 15 is 0 Å². The maximum Gasteiger partial charge on any atom is 0.185 e. The van der Waals surface area contributed by atoms with Crippen LogP contribution in [0.15, 0.2) is 0 Å². The van der Waals surface area contributed by atoms with Crippen molar-refractivity contribution in [1.29, 1.82) is 0 Å². The summed E-state index contributed by atoms with van der Waals surface area (Å²) >= 11 is 0. The van der Waals surface area contributed by atoms with E-state index in [1.807, 2.05) is 0 Å². The number of rotatable bonds is 6. The Kier molecular flexibility index (Phi) is 3.92. The summed E-state index contributed by atoms with van der Waals surface area (Å²) in [6, 6.07) is 7.02. The molecule has 0 radical (unpaired) electrons. The van der Waals surface area contributed by atoms with Crippen LogP contribution < -0.4 is 0 Å². The minimum absolute atomic E-state index is 0.626. The van der Waals surface area contributed by atoms with Crippen LogP contribution in [0.2, 0.25) is 35.3 Å². The zero-order valence-electron chi connectivity index (χ0n) is 12.3. The van der Waals surface area contributed by atoms with Gasteiger partial charge in [-0.25, -0.2) is 0 Å². The van der Waals surface area contributed by atoms with Gasteiger partial charge < -0.3 is 4.12 Å². The first-order valence-electron chi connectivity index (χ1n) is 7.75. The van der Waals surface area contributed by atoms with Gasteiger partial charge in [0.05, 0.1) is 0 Å². The third-order valence-electron chi connectivity index (χ3n) is 6.02. The molecule has 0 aromatic carbocycles. The molecule has 0 spiro atoms. The van der Waals surface area contributed by atoms with Crippen molar-refractivity contribution in [3.8, 4) is 0 Å². The second kappa shape index (κ2) is 4.82. The summed E-state index contributed by atoms with van der Waals surface area (Å²) in [4.78, 5) is 0. The summed E-state index contributed by atoms with van der Waals surface area (Å²) in [5.41, 5.74) is 0. The minimum atomic E-state index is -1.45. The van der Waals surface area contributed by atoms with E-state index < -0.39 is 16.6 Å². The summed E-state index contributed by atoms with van der Waals surface area (Å²) in [5, 5.41) is 0.626. The van der Waals surface area contributed by atoms with Gasteiger partial charge in [0.2, 0.25) is 0 Å². The highest BCUT2D eigenvalue weighted by molar-refractivity contribution is 6.89. The largest absolute Gasteiger partial charge is 0.454 e. The molecule has 3 heteroatoms. The molecule has 1 heterocycles. The molecule has 2 rings (SSSR count). The lowest BCUT2D eigenvalue weighted by Gasteiger charge is -2.57. The van der Waals surface area contributed by atoms with Gasteiger partial charge in [-0.15, -0.1) is 0 Å². The molecule has 0 aromatic rings. The summed E-state index contributed by atoms with van der Waals surface area (Å²) in [7, 11) is -2.67. The van der Waals surface area contributed by atoms with Crippen LogP contribution in [0.5, 0.6) is 0 Å². The average molecular weight is 271 g/mol. The summed E-state index contributed by atoms with van der Waals surface area (Å²) in [6.07, 6.45) is 5.81. The third-order valence-corrected chi connectivity index (χ3v) is 18.1. The topological polar surface area (TPSA) is 9.23 Å². The van der Waals surface area contributed by atoms with Crippen LogP contribution in [-0.4, -0.2) is 16.6 Å². The molecule has 0 atom stereocenters. The highest BCUT2D eigenvalue weighted by atomic mass is 28.4. The molecule has 1 nitrogen and oxygen atoms in total. The van der Waals surface area contributed by atoms with Crippen LogP contribution in [0, 0.1) is 0 Å². The summed E-state index contributed by atoms with van der Waals surface area (Å²) < 4.78 is 7.09. The van der Waals surface area contributed by atoms with E-state index in [1.54, 1.807) is 0 Å². The highest BCUT2D eigenvalue weighted by Crippen LogP contribution is 2.59. The Hall–Kier alpha value is 0.394. The van der Waals surface area contributed by atoms with Crippen LogP contribution in [0.25, 0.3) is 0 Å². The Bertz CT molecular complexity index is 260. The maximum atomic E-state index is 7.09. The van der Waals surface area contributed by atoms with Gasteiger partial charge in [0.15, 0.2) is 16.6 Å². The van der Waals surface area contributed by atoms with Gasteiger partial charge in [-0.3, -0.25) is 0 Å². The fraction of sp³-hybridized carbons (Fsp3) is 1.00. The van der Waals surface area contributed by atoms with Gasteiger partial charge in [-0.2, -0.15) is 0 Å². The van der Waals surface area contributed by atoms with Crippen LogP contribution >= 0.6 is 0 Å². The molecule has 17 heavy (non-hydrogen) atoms. The quantitative estimate of drug-likeness (QED) is 0.595. The van der Waals surface area contributed by atoms with E-state index in [1.165, 1.54) is 55.9 Å². The van der Waals surface area contributed by atoms with Crippen LogP contribution in [0.1, 0.15) is 53.4 Å². The van der Waals surface area contributed by atoms with Crippen molar-refractivity contribution < 1.29 is 4.12 Å². The minimum Gasteiger partial charge on any atom is -0.454 e. The fourth-order valence-electron chi connectivity index (χ4n) is 4.05. The Morgan fingerprint density at radius 2 is 1.65 bits per heavy atom. The van der Waals surface area contributed by atoms with Crippen molar-refractivity contribution in [2.75, 3.05) is 0 Å². The molecule has 1 aliphatic carbocycles. The molecule has 1 aliphatic heterocycles. The molecule has 1 saturated heterocycles. The molecular weight excluding hydrogens is 240 g/mol. The Morgan fingerprint density at radius 1 is 1.06 bits per heavy atom. The third kappa shape index (κ3) is 2.08. The molecule has 0 N–H and O–H groups in total. The van der Waals surface area contributed by atoms with Crippen molar-refractivity contribution in [2.24, 2.45) is 0 Å². The Labute approximate surface area is 110 Å². The Balaban J connectivity index is 2.16. The van der Waals surface area contributed by atoms with E-state index in [0.29, 0.717) is 5.04 Å². The van der Waals surface area contributed by atoms with E-state index in [9.17, 15) is 0 Å². The number of hydrogen-bond donors (Lipinski definition) is 0. The van der Waals surface area contributed by atoms with Gasteiger partial charge >= 0.3 is 0 Å². The monoisotopic (exact) mass is 270 g/mol. The molecule has 0 bridgehead atoms. The summed E-state index contributed by atoms with van der Waals surface area (Å²) in [6.45, 7) is 9.76. The fourth-order valence-corrected chi connectivity index (χ4v) is 16.2. The van der Waals surface area contributed by atoms with Crippen LogP contribution in [0.3, 0.4) is 0 Å². The first-order valence-corrected chi connectivity index (χ1v) is 12.6. The van der Waals surface area contributed by atoms with E-state index in [4.69, 9.17) is 4.12 Å². The first kappa shape index (κ1) is 13.8. The van der Waals surface area contributed by atoms with Crippen LogP contribution in [-0.2, 0) is 4.12 Å². The standard InChI is InChI=1S/C14H30OSi2/c1-5-16(12-9-13-16)15-17(6-2,7-3)14(4)10-8-11-14/h5-13H2,1-4H3. The van der Waals surface area contributed by atoms with Crippen molar-refractivity contribution in [3.63, 3.8) is 0 Å². The van der Waals surface area contributed by atoms with Crippen molar-refractivity contribution in [2.45, 2.75) is 88.6 Å². The molecule has 100 valence electrons. The molecular formula is C14H30OSi2. The Morgan fingerprint density at radius 3 is 1.88 bits per heavy atom. The number of hydrogen-bond acceptors (Lipinski definition) is 1. The molecule has 2 aliphatic rings. The van der Waals surface area contributed by atoms with E-state index in [2.05, 4.69) is 27.7 Å². The van der Waals surface area contributed by atoms with Gasteiger partial charge in [0.1, 0.15) is 0 Å². The average Bonchev–Trinajstić information content (AvgIpc) is 2.27. The second-order valence-electron chi connectivity index (χ2n) is 6.61. The van der Waals surface area contributed by atoms with E-state index in [-0.39, 0.29) is 0 Å². The SMILES string of the molecule is CC[Si]1(O[Si](CC)(CC)C2(C)CCC2)CCC1. The zero-order valence-corrected chi connectivity index (χ0v) is 14.3. The van der Waals surface area contributed by atoms with E-state index in [0.717, 1.165) is 0 Å². The smallest absolute Gasteiger partial charge is 0.185 e. The summed E-state index contributed by atoms with van der Waals surface area (Å²) in [5.74, 6) is 0. The predicted octanol–water partition coefficient (Wildman–Crippen LogP) is 5.30. The van der Waals surface area contributed by atoms with Crippen molar-refractivity contribution >= 4 is 16.6 Å². The second-order valence-corrected chi connectivity index (χ2v) is 16.1. The lowest BCUT2D eigenvalue weighted by molar-refractivity contribution is 0.298. The zero-order chi connectivity index (χ0) is 12.6. The molecule has 1 saturated carbocycles. The predicted molar refractivity (Wildman–Crippen MR) is 80.5 cm³/mol. The van der Waals surface area contributed by atoms with Crippen LogP contribution in [0.4, 0.5) is 0 Å². The first-order chi connectivity index (χ1) is 8.05. The van der Waals surface area contributed by atoms with Gasteiger partial charge in [0, 0.05) is 0 Å². The van der Waals surface area contributed by atoms with Crippen molar-refractivity contribution in [3.05, 3.63) is 0 Å². The van der Waals surface area contributed by atoms with Gasteiger partial charge in [-0.1, -0.05) is 40.5 Å². The van der Waals surface area contributed by atoms with Gasteiger partial charge in [-0.05, 0) is 48.1 Å².